The van der Waals surface area contributed by atoms with E-state index in [1.165, 1.54) is 4.57 Å². The number of hydrogen-bond acceptors (Lipinski definition) is 5. The maximum Gasteiger partial charge on any atom is 0.262 e. The largest absolute Gasteiger partial charge is 0.385 e. The van der Waals surface area contributed by atoms with Crippen molar-refractivity contribution in [1.82, 2.24) is 9.55 Å². The Morgan fingerprint density at radius 3 is 2.52 bits per heavy atom. The number of aromatic nitrogens is 2. The van der Waals surface area contributed by atoms with E-state index < -0.39 is 0 Å². The molecule has 2 N–H and O–H groups in total. The number of rotatable bonds is 9. The van der Waals surface area contributed by atoms with E-state index in [1.807, 2.05) is 24.3 Å². The van der Waals surface area contributed by atoms with Gasteiger partial charge in [0.05, 0.1) is 10.9 Å². The Kier molecular flexibility index (Phi) is 7.59. The van der Waals surface area contributed by atoms with Crippen molar-refractivity contribution in [1.29, 1.82) is 0 Å². The minimum Gasteiger partial charge on any atom is -0.385 e. The van der Waals surface area contributed by atoms with E-state index in [1.54, 1.807) is 25.3 Å². The number of nitrogens with zero attached hydrogens (tertiary/aromatic N) is 2. The van der Waals surface area contributed by atoms with Gasteiger partial charge in [-0.15, -0.1) is 0 Å². The maximum absolute atomic E-state index is 12.8. The van der Waals surface area contributed by atoms with Crippen molar-refractivity contribution >= 4 is 40.4 Å². The molecule has 0 aliphatic rings. The number of carbonyl (C=O) groups is 1. The molecule has 0 radical (unpaired) electrons. The molecule has 8 heteroatoms. The van der Waals surface area contributed by atoms with Crippen LogP contribution in [0.5, 0.6) is 0 Å². The fourth-order valence-corrected chi connectivity index (χ4v) is 3.80. The van der Waals surface area contributed by atoms with Crippen LogP contribution in [0.15, 0.2) is 47.3 Å². The number of ether oxygens (including phenoxy) is 1. The molecular weight excluding hydrogens is 412 g/mol. The van der Waals surface area contributed by atoms with Crippen LogP contribution in [0, 0.1) is 4.77 Å². The zero-order valence-electron chi connectivity index (χ0n) is 18.1. The second-order valence-corrected chi connectivity index (χ2v) is 7.55. The highest BCUT2D eigenvalue weighted by Crippen LogP contribution is 2.19. The summed E-state index contributed by atoms with van der Waals surface area (Å²) < 4.78 is 6.90. The first-order chi connectivity index (χ1) is 15.0. The molecule has 3 rings (SSSR count). The molecule has 0 spiro atoms. The van der Waals surface area contributed by atoms with Gasteiger partial charge in [0.1, 0.15) is 0 Å². The first kappa shape index (κ1) is 22.7. The van der Waals surface area contributed by atoms with E-state index in [0.29, 0.717) is 46.5 Å². The average Bonchev–Trinajstić information content (AvgIpc) is 2.77. The number of aromatic amines is 1. The summed E-state index contributed by atoms with van der Waals surface area (Å²) in [5, 5.41) is 3.40. The molecule has 0 saturated heterocycles. The maximum atomic E-state index is 12.8. The van der Waals surface area contributed by atoms with Crippen molar-refractivity contribution in [2.75, 3.05) is 37.0 Å². The molecule has 164 valence electrons. The third kappa shape index (κ3) is 5.21. The van der Waals surface area contributed by atoms with E-state index in [9.17, 15) is 9.59 Å². The molecule has 0 atom stereocenters. The normalized spacial score (nSPS) is 10.9. The number of H-pyrrole nitrogens is 1. The van der Waals surface area contributed by atoms with E-state index in [2.05, 4.69) is 29.0 Å². The van der Waals surface area contributed by atoms with Gasteiger partial charge in [0.15, 0.2) is 4.77 Å². The average molecular weight is 441 g/mol. The molecule has 1 aromatic heterocycles. The highest BCUT2D eigenvalue weighted by atomic mass is 32.1. The number of benzene rings is 2. The molecule has 0 saturated carbocycles. The van der Waals surface area contributed by atoms with Gasteiger partial charge in [0.25, 0.3) is 11.5 Å². The van der Waals surface area contributed by atoms with Gasteiger partial charge >= 0.3 is 0 Å². The summed E-state index contributed by atoms with van der Waals surface area (Å²) in [6.45, 7) is 7.10. The van der Waals surface area contributed by atoms with Crippen LogP contribution in [0.2, 0.25) is 0 Å². The first-order valence-electron chi connectivity index (χ1n) is 10.4. The lowest BCUT2D eigenvalue weighted by Gasteiger charge is -2.21. The highest BCUT2D eigenvalue weighted by molar-refractivity contribution is 7.71. The van der Waals surface area contributed by atoms with Crippen molar-refractivity contribution < 1.29 is 9.53 Å². The first-order valence-corrected chi connectivity index (χ1v) is 10.8. The molecule has 1 amide bonds. The van der Waals surface area contributed by atoms with Crippen LogP contribution in [0.4, 0.5) is 11.4 Å². The van der Waals surface area contributed by atoms with Gasteiger partial charge < -0.3 is 19.9 Å². The van der Waals surface area contributed by atoms with Crippen molar-refractivity contribution in [2.45, 2.75) is 26.8 Å². The van der Waals surface area contributed by atoms with Crippen LogP contribution < -0.4 is 15.8 Å². The van der Waals surface area contributed by atoms with E-state index in [4.69, 9.17) is 17.0 Å². The minimum atomic E-state index is -0.249. The fraction of sp³-hybridized carbons (Fsp3) is 0.348. The Bertz CT molecular complexity index is 1160. The smallest absolute Gasteiger partial charge is 0.262 e. The van der Waals surface area contributed by atoms with Crippen molar-refractivity contribution in [3.63, 3.8) is 0 Å². The van der Waals surface area contributed by atoms with Crippen LogP contribution in [0.1, 0.15) is 30.6 Å². The monoisotopic (exact) mass is 440 g/mol. The number of hydrogen-bond donors (Lipinski definition) is 2. The molecule has 7 nitrogen and oxygen atoms in total. The molecule has 0 unspecified atom stereocenters. The summed E-state index contributed by atoms with van der Waals surface area (Å²) in [5.74, 6) is -0.249. The SMILES string of the molecule is CCN(CC)c1ccc(NC(=O)c2ccc3c(=O)n(CCCOC)c(=S)[nH]c3c2)cc1. The standard InChI is InChI=1S/C23H28N4O3S/c1-4-26(5-2)18-10-8-17(9-11-18)24-21(28)16-7-12-19-20(15-16)25-23(31)27(22(19)29)13-6-14-30-3/h7-12,15H,4-6,13-14H2,1-3H3,(H,24,28)(H,25,31). The zero-order chi connectivity index (χ0) is 22.4. The van der Waals surface area contributed by atoms with Gasteiger partial charge in [-0.25, -0.2) is 0 Å². The van der Waals surface area contributed by atoms with Crippen molar-refractivity contribution in [2.24, 2.45) is 0 Å². The number of anilines is 2. The lowest BCUT2D eigenvalue weighted by atomic mass is 10.1. The Hall–Kier alpha value is -2.97. The van der Waals surface area contributed by atoms with Gasteiger partial charge in [-0.3, -0.25) is 14.2 Å². The predicted molar refractivity (Wildman–Crippen MR) is 128 cm³/mol. The molecule has 1 heterocycles. The molecule has 0 aliphatic carbocycles. The molecule has 2 aromatic carbocycles. The topological polar surface area (TPSA) is 79.4 Å². The Morgan fingerprint density at radius 2 is 1.87 bits per heavy atom. The number of nitrogens with one attached hydrogen (secondary N) is 2. The Labute approximate surface area is 186 Å². The number of methoxy groups -OCH3 is 1. The number of fused-ring (bicyclic) bond motifs is 1. The molecular formula is C23H28N4O3S. The van der Waals surface area contributed by atoms with Crippen LogP contribution in [0.3, 0.4) is 0 Å². The van der Waals surface area contributed by atoms with Crippen LogP contribution >= 0.6 is 12.2 Å². The predicted octanol–water partition coefficient (Wildman–Crippen LogP) is 4.19. The Morgan fingerprint density at radius 1 is 1.16 bits per heavy atom. The van der Waals surface area contributed by atoms with Gasteiger partial charge in [-0.1, -0.05) is 0 Å². The van der Waals surface area contributed by atoms with E-state index in [0.717, 1.165) is 18.8 Å². The fourth-order valence-electron chi connectivity index (χ4n) is 3.51. The highest BCUT2D eigenvalue weighted by Gasteiger charge is 2.11. The van der Waals surface area contributed by atoms with Crippen LogP contribution in [0.25, 0.3) is 10.9 Å². The molecule has 0 aliphatic heterocycles. The van der Waals surface area contributed by atoms with Gasteiger partial charge in [0.2, 0.25) is 0 Å². The zero-order valence-corrected chi connectivity index (χ0v) is 18.9. The summed E-state index contributed by atoms with van der Waals surface area (Å²) in [7, 11) is 1.62. The summed E-state index contributed by atoms with van der Waals surface area (Å²) in [5.41, 5.74) is 2.64. The van der Waals surface area contributed by atoms with Crippen molar-refractivity contribution in [3.05, 3.63) is 63.2 Å². The van der Waals surface area contributed by atoms with Gasteiger partial charge in [-0.05, 0) is 75.0 Å². The summed E-state index contributed by atoms with van der Waals surface area (Å²) in [6, 6.07) is 12.7. The summed E-state index contributed by atoms with van der Waals surface area (Å²) >= 11 is 5.35. The second-order valence-electron chi connectivity index (χ2n) is 7.17. The molecule has 0 bridgehead atoms. The quantitative estimate of drug-likeness (QED) is 0.385. The van der Waals surface area contributed by atoms with Gasteiger partial charge in [0, 0.05) is 50.3 Å². The van der Waals surface area contributed by atoms with Crippen molar-refractivity contribution in [3.8, 4) is 0 Å². The van der Waals surface area contributed by atoms with E-state index >= 15 is 0 Å². The molecule has 0 fully saturated rings. The van der Waals surface area contributed by atoms with Gasteiger partial charge in [-0.2, -0.15) is 0 Å². The third-order valence-corrected chi connectivity index (χ3v) is 5.55. The summed E-state index contributed by atoms with van der Waals surface area (Å²) in [6.07, 6.45) is 0.687. The molecule has 31 heavy (non-hydrogen) atoms. The third-order valence-electron chi connectivity index (χ3n) is 5.23. The lowest BCUT2D eigenvalue weighted by molar-refractivity contribution is 0.102. The number of carbonyl (C=O) groups excluding carboxylic acids is 1. The van der Waals surface area contributed by atoms with Crippen LogP contribution in [-0.4, -0.2) is 42.3 Å². The van der Waals surface area contributed by atoms with Crippen LogP contribution in [-0.2, 0) is 11.3 Å². The molecule has 3 aromatic rings. The summed E-state index contributed by atoms with van der Waals surface area (Å²) in [4.78, 5) is 30.8. The second kappa shape index (κ2) is 10.4. The van der Waals surface area contributed by atoms with E-state index in [-0.39, 0.29) is 11.5 Å². The minimum absolute atomic E-state index is 0.172. The number of amides is 1. The lowest BCUT2D eigenvalue weighted by Crippen LogP contribution is -2.23. The Balaban J connectivity index is 1.81.